The van der Waals surface area contributed by atoms with E-state index in [0.717, 1.165) is 6.20 Å². The average molecular weight is 232 g/mol. The summed E-state index contributed by atoms with van der Waals surface area (Å²) in [6.45, 7) is 1.53. The van der Waals surface area contributed by atoms with Crippen LogP contribution in [-0.4, -0.2) is 22.7 Å². The molecule has 0 aliphatic rings. The first-order valence-corrected chi connectivity index (χ1v) is 4.41. The van der Waals surface area contributed by atoms with Crippen molar-refractivity contribution < 1.29 is 23.4 Å². The zero-order valence-corrected chi connectivity index (χ0v) is 8.41. The largest absolute Gasteiger partial charge is 0.506 e. The molecule has 5 nitrogen and oxygen atoms in total. The maximum Gasteiger partial charge on any atom is 0.342 e. The lowest BCUT2D eigenvalue weighted by atomic mass is 10.1. The van der Waals surface area contributed by atoms with E-state index in [4.69, 9.17) is 5.73 Å². The Balaban J connectivity index is 3.34. The van der Waals surface area contributed by atoms with Crippen LogP contribution in [0.2, 0.25) is 0 Å². The Labute approximate surface area is 89.9 Å². The van der Waals surface area contributed by atoms with Crippen molar-refractivity contribution in [3.63, 3.8) is 0 Å². The van der Waals surface area contributed by atoms with Crippen molar-refractivity contribution in [3.05, 3.63) is 17.3 Å². The maximum absolute atomic E-state index is 12.6. The molecule has 0 bridgehead atoms. The minimum atomic E-state index is -3.04. The summed E-state index contributed by atoms with van der Waals surface area (Å²) in [6, 6.07) is 0. The first-order valence-electron chi connectivity index (χ1n) is 4.41. The molecule has 7 heteroatoms. The number of anilines is 1. The van der Waals surface area contributed by atoms with E-state index in [-0.39, 0.29) is 6.61 Å². The molecular weight excluding hydrogens is 222 g/mol. The number of ether oxygens (including phenoxy) is 1. The Morgan fingerprint density at radius 1 is 1.69 bits per heavy atom. The van der Waals surface area contributed by atoms with E-state index in [1.165, 1.54) is 6.92 Å². The first kappa shape index (κ1) is 12.2. The molecule has 1 rings (SSSR count). The van der Waals surface area contributed by atoms with Crippen LogP contribution in [-0.2, 0) is 4.74 Å². The Hall–Kier alpha value is -1.92. The van der Waals surface area contributed by atoms with Gasteiger partial charge in [-0.15, -0.1) is 0 Å². The van der Waals surface area contributed by atoms with Gasteiger partial charge in [0.15, 0.2) is 0 Å². The summed E-state index contributed by atoms with van der Waals surface area (Å²) < 4.78 is 29.8. The molecule has 16 heavy (non-hydrogen) atoms. The molecule has 0 aliphatic carbocycles. The smallest absolute Gasteiger partial charge is 0.342 e. The molecule has 0 fully saturated rings. The van der Waals surface area contributed by atoms with Gasteiger partial charge in [-0.1, -0.05) is 0 Å². The summed E-state index contributed by atoms with van der Waals surface area (Å²) >= 11 is 0. The molecule has 0 atom stereocenters. The van der Waals surface area contributed by atoms with E-state index in [1.807, 2.05) is 0 Å². The molecule has 0 amide bonds. The molecule has 0 radical (unpaired) electrons. The van der Waals surface area contributed by atoms with Gasteiger partial charge in [-0.05, 0) is 6.92 Å². The molecule has 0 spiro atoms. The van der Waals surface area contributed by atoms with E-state index in [2.05, 4.69) is 9.72 Å². The fourth-order valence-electron chi connectivity index (χ4n) is 1.17. The SMILES string of the molecule is CCOC(=O)c1c(N)ncc(O)c1C(F)F. The molecule has 1 aromatic rings. The van der Waals surface area contributed by atoms with Gasteiger partial charge in [-0.3, -0.25) is 0 Å². The number of pyridine rings is 1. The summed E-state index contributed by atoms with van der Waals surface area (Å²) in [7, 11) is 0. The summed E-state index contributed by atoms with van der Waals surface area (Å²) in [5, 5.41) is 9.20. The van der Waals surface area contributed by atoms with Gasteiger partial charge in [0.1, 0.15) is 17.1 Å². The minimum Gasteiger partial charge on any atom is -0.506 e. The van der Waals surface area contributed by atoms with Crippen LogP contribution in [0.3, 0.4) is 0 Å². The van der Waals surface area contributed by atoms with Crippen molar-refractivity contribution in [2.75, 3.05) is 12.3 Å². The van der Waals surface area contributed by atoms with Crippen molar-refractivity contribution in [1.29, 1.82) is 0 Å². The second-order valence-corrected chi connectivity index (χ2v) is 2.84. The molecule has 0 aliphatic heterocycles. The quantitative estimate of drug-likeness (QED) is 0.771. The van der Waals surface area contributed by atoms with Crippen molar-refractivity contribution in [1.82, 2.24) is 4.98 Å². The van der Waals surface area contributed by atoms with E-state index in [0.29, 0.717) is 0 Å². The van der Waals surface area contributed by atoms with Gasteiger partial charge in [-0.2, -0.15) is 0 Å². The lowest BCUT2D eigenvalue weighted by molar-refractivity contribution is 0.0515. The molecule has 3 N–H and O–H groups in total. The minimum absolute atomic E-state index is 0.0105. The normalized spacial score (nSPS) is 10.5. The van der Waals surface area contributed by atoms with Crippen LogP contribution in [0.25, 0.3) is 0 Å². The van der Waals surface area contributed by atoms with Gasteiger partial charge in [-0.25, -0.2) is 18.6 Å². The number of nitrogens with two attached hydrogens (primary N) is 1. The van der Waals surface area contributed by atoms with Crippen LogP contribution in [0.5, 0.6) is 5.75 Å². The van der Waals surface area contributed by atoms with Gasteiger partial charge < -0.3 is 15.6 Å². The van der Waals surface area contributed by atoms with Crippen LogP contribution >= 0.6 is 0 Å². The number of rotatable bonds is 3. The number of hydrogen-bond acceptors (Lipinski definition) is 5. The van der Waals surface area contributed by atoms with Crippen molar-refractivity contribution in [2.45, 2.75) is 13.3 Å². The van der Waals surface area contributed by atoms with Gasteiger partial charge >= 0.3 is 5.97 Å². The highest BCUT2D eigenvalue weighted by Gasteiger charge is 2.26. The Morgan fingerprint density at radius 2 is 2.31 bits per heavy atom. The standard InChI is InChI=1S/C9H10F2N2O3/c1-2-16-9(15)6-5(7(10)11)4(14)3-13-8(6)12/h3,7,14H,2H2,1H3,(H2,12,13). The van der Waals surface area contributed by atoms with Crippen LogP contribution in [0.4, 0.5) is 14.6 Å². The summed E-state index contributed by atoms with van der Waals surface area (Å²) in [6.07, 6.45) is -2.27. The average Bonchev–Trinajstić information content (AvgIpc) is 2.20. The number of halogens is 2. The number of hydrogen-bond donors (Lipinski definition) is 2. The highest BCUT2D eigenvalue weighted by Crippen LogP contribution is 2.33. The second-order valence-electron chi connectivity index (χ2n) is 2.84. The molecular formula is C9H10F2N2O3. The fourth-order valence-corrected chi connectivity index (χ4v) is 1.17. The Bertz CT molecular complexity index is 410. The second kappa shape index (κ2) is 4.73. The highest BCUT2D eigenvalue weighted by atomic mass is 19.3. The molecule has 1 aromatic heterocycles. The first-order chi connectivity index (χ1) is 7.49. The van der Waals surface area contributed by atoms with Gasteiger partial charge in [0.2, 0.25) is 0 Å². The number of carbonyl (C=O) groups excluding carboxylic acids is 1. The van der Waals surface area contributed by atoms with E-state index < -0.39 is 35.1 Å². The summed E-state index contributed by atoms with van der Waals surface area (Å²) in [5.74, 6) is -2.21. The zero-order valence-electron chi connectivity index (χ0n) is 8.41. The molecule has 1 heterocycles. The predicted octanol–water partition coefficient (Wildman–Crippen LogP) is 1.48. The third-order valence-corrected chi connectivity index (χ3v) is 1.83. The highest BCUT2D eigenvalue weighted by molar-refractivity contribution is 5.96. The van der Waals surface area contributed by atoms with Gasteiger partial charge in [0, 0.05) is 0 Å². The van der Waals surface area contributed by atoms with Crippen LogP contribution in [0.15, 0.2) is 6.20 Å². The van der Waals surface area contributed by atoms with Crippen LogP contribution < -0.4 is 5.73 Å². The lowest BCUT2D eigenvalue weighted by Crippen LogP contribution is -2.13. The van der Waals surface area contributed by atoms with Crippen LogP contribution in [0, 0.1) is 0 Å². The number of aromatic hydroxyl groups is 1. The number of carbonyl (C=O) groups is 1. The number of alkyl halides is 2. The number of esters is 1. The summed E-state index contributed by atoms with van der Waals surface area (Å²) in [4.78, 5) is 14.8. The van der Waals surface area contributed by atoms with Crippen molar-refractivity contribution >= 4 is 11.8 Å². The number of aromatic nitrogens is 1. The van der Waals surface area contributed by atoms with Crippen molar-refractivity contribution in [3.8, 4) is 5.75 Å². The Kier molecular flexibility index (Phi) is 3.60. The predicted molar refractivity (Wildman–Crippen MR) is 51.2 cm³/mol. The van der Waals surface area contributed by atoms with Crippen molar-refractivity contribution in [2.24, 2.45) is 0 Å². The maximum atomic E-state index is 12.6. The molecule has 0 aromatic carbocycles. The molecule has 0 saturated heterocycles. The molecule has 0 unspecified atom stereocenters. The topological polar surface area (TPSA) is 85.4 Å². The number of nitrogens with zero attached hydrogens (tertiary/aromatic N) is 1. The van der Waals surface area contributed by atoms with E-state index in [9.17, 15) is 18.7 Å². The molecule has 88 valence electrons. The zero-order chi connectivity index (χ0) is 12.3. The van der Waals surface area contributed by atoms with E-state index >= 15 is 0 Å². The van der Waals surface area contributed by atoms with E-state index in [1.54, 1.807) is 0 Å². The van der Waals surface area contributed by atoms with Gasteiger partial charge in [0.05, 0.1) is 18.4 Å². The monoisotopic (exact) mass is 232 g/mol. The lowest BCUT2D eigenvalue weighted by Gasteiger charge is -2.11. The third kappa shape index (κ3) is 2.18. The molecule has 0 saturated carbocycles. The van der Waals surface area contributed by atoms with Gasteiger partial charge in [0.25, 0.3) is 6.43 Å². The number of nitrogen functional groups attached to an aromatic ring is 1. The summed E-state index contributed by atoms with van der Waals surface area (Å²) in [5.41, 5.74) is 3.86. The fraction of sp³-hybridized carbons (Fsp3) is 0.333. The Morgan fingerprint density at radius 3 is 2.81 bits per heavy atom. The third-order valence-electron chi connectivity index (χ3n) is 1.83. The van der Waals surface area contributed by atoms with Crippen LogP contribution in [0.1, 0.15) is 29.3 Å².